The highest BCUT2D eigenvalue weighted by molar-refractivity contribution is 5.90. The van der Waals surface area contributed by atoms with Crippen molar-refractivity contribution in [3.63, 3.8) is 0 Å². The van der Waals surface area contributed by atoms with Crippen molar-refractivity contribution in [2.45, 2.75) is 39.8 Å². The number of nitrogens with zero attached hydrogens (tertiary/aromatic N) is 1. The first-order chi connectivity index (χ1) is 11.3. The second-order valence-corrected chi connectivity index (χ2v) is 6.66. The summed E-state index contributed by atoms with van der Waals surface area (Å²) in [5.41, 5.74) is 1.48. The molecule has 1 aromatic carbocycles. The monoisotopic (exact) mass is 328 g/mol. The summed E-state index contributed by atoms with van der Waals surface area (Å²) >= 11 is 0. The molecule has 1 amide bonds. The summed E-state index contributed by atoms with van der Waals surface area (Å²) in [6.07, 6.45) is 5.77. The molecule has 0 spiro atoms. The Morgan fingerprint density at radius 1 is 1.25 bits per heavy atom. The van der Waals surface area contributed by atoms with Crippen LogP contribution in [0.5, 0.6) is 0 Å². The molecule has 0 aliphatic rings. The van der Waals surface area contributed by atoms with E-state index >= 15 is 0 Å². The second kappa shape index (κ2) is 7.34. The van der Waals surface area contributed by atoms with Crippen molar-refractivity contribution in [3.05, 3.63) is 42.1 Å². The first kappa shape index (κ1) is 17.8. The highest BCUT2D eigenvalue weighted by Crippen LogP contribution is 2.23. The van der Waals surface area contributed by atoms with Crippen LogP contribution < -0.4 is 5.32 Å². The Morgan fingerprint density at radius 2 is 1.96 bits per heavy atom. The van der Waals surface area contributed by atoms with E-state index in [-0.39, 0.29) is 18.4 Å². The van der Waals surface area contributed by atoms with Crippen LogP contribution in [0.3, 0.4) is 0 Å². The van der Waals surface area contributed by atoms with Gasteiger partial charge in [-0.05, 0) is 32.4 Å². The van der Waals surface area contributed by atoms with Crippen molar-refractivity contribution in [1.29, 1.82) is 0 Å². The van der Waals surface area contributed by atoms with E-state index in [1.54, 1.807) is 0 Å². The smallest absolute Gasteiger partial charge is 0.326 e. The normalized spacial score (nSPS) is 11.8. The molecule has 128 valence electrons. The minimum Gasteiger partial charge on any atom is -0.459 e. The summed E-state index contributed by atoms with van der Waals surface area (Å²) in [5.74, 6) is -0.330. The number of ether oxygens (including phenoxy) is 1. The van der Waals surface area contributed by atoms with Crippen LogP contribution in [0.15, 0.2) is 36.5 Å². The van der Waals surface area contributed by atoms with Gasteiger partial charge in [-0.2, -0.15) is 0 Å². The number of esters is 1. The highest BCUT2D eigenvalue weighted by atomic mass is 16.6. The van der Waals surface area contributed by atoms with E-state index in [0.717, 1.165) is 16.5 Å². The lowest BCUT2D eigenvalue weighted by Gasteiger charge is -2.19. The number of rotatable bonds is 5. The number of carbonyl (C=O) groups excluding carboxylic acids is 2. The zero-order valence-corrected chi connectivity index (χ0v) is 14.6. The summed E-state index contributed by atoms with van der Waals surface area (Å²) in [6, 6.07) is 7.90. The molecule has 0 aliphatic heterocycles. The molecule has 5 nitrogen and oxygen atoms in total. The van der Waals surface area contributed by atoms with Crippen LogP contribution in [0.4, 0.5) is 0 Å². The predicted octanol–water partition coefficient (Wildman–Crippen LogP) is 3.13. The largest absolute Gasteiger partial charge is 0.459 e. The van der Waals surface area contributed by atoms with Gasteiger partial charge in [0.05, 0.1) is 0 Å². The van der Waals surface area contributed by atoms with Gasteiger partial charge in [0, 0.05) is 30.6 Å². The summed E-state index contributed by atoms with van der Waals surface area (Å²) in [4.78, 5) is 23.0. The van der Waals surface area contributed by atoms with Crippen molar-refractivity contribution in [2.75, 3.05) is 6.54 Å². The van der Waals surface area contributed by atoms with E-state index < -0.39 is 5.60 Å². The van der Waals surface area contributed by atoms with Gasteiger partial charge in [-0.25, -0.2) is 0 Å². The lowest BCUT2D eigenvalue weighted by atomic mass is 10.1. The number of fused-ring (bicyclic) bond motifs is 1. The lowest BCUT2D eigenvalue weighted by Crippen LogP contribution is -2.26. The van der Waals surface area contributed by atoms with Crippen molar-refractivity contribution in [2.24, 2.45) is 0 Å². The fourth-order valence-corrected chi connectivity index (χ4v) is 2.44. The van der Waals surface area contributed by atoms with Gasteiger partial charge in [0.25, 0.3) is 0 Å². The summed E-state index contributed by atoms with van der Waals surface area (Å²) in [6.45, 7) is 7.69. The highest BCUT2D eigenvalue weighted by Gasteiger charge is 2.17. The Labute approximate surface area is 142 Å². The molecule has 24 heavy (non-hydrogen) atoms. The van der Waals surface area contributed by atoms with Gasteiger partial charge >= 0.3 is 5.97 Å². The Balaban J connectivity index is 2.22. The van der Waals surface area contributed by atoms with Crippen LogP contribution in [0.2, 0.25) is 0 Å². The number of amides is 1. The van der Waals surface area contributed by atoms with Crippen LogP contribution in [-0.4, -0.2) is 28.6 Å². The molecule has 1 heterocycles. The van der Waals surface area contributed by atoms with Crippen molar-refractivity contribution in [1.82, 2.24) is 9.88 Å². The number of hydrogen-bond acceptors (Lipinski definition) is 3. The van der Waals surface area contributed by atoms with Crippen molar-refractivity contribution in [3.8, 4) is 0 Å². The predicted molar refractivity (Wildman–Crippen MR) is 95.5 cm³/mol. The number of benzene rings is 1. The minimum atomic E-state index is -0.499. The van der Waals surface area contributed by atoms with Gasteiger partial charge in [-0.1, -0.05) is 30.4 Å². The van der Waals surface area contributed by atoms with E-state index in [4.69, 9.17) is 4.74 Å². The van der Waals surface area contributed by atoms with Gasteiger partial charge in [-0.3, -0.25) is 9.59 Å². The standard InChI is InChI=1S/C19H24N2O3/c1-14(22)20-11-7-8-15-12-21(13-18(23)24-19(2,3)4)17-10-6-5-9-16(15)17/h5-10,12H,11,13H2,1-4H3,(H,20,22). The quantitative estimate of drug-likeness (QED) is 0.858. The van der Waals surface area contributed by atoms with E-state index in [2.05, 4.69) is 5.32 Å². The van der Waals surface area contributed by atoms with E-state index in [0.29, 0.717) is 6.54 Å². The van der Waals surface area contributed by atoms with Gasteiger partial charge in [0.15, 0.2) is 0 Å². The Kier molecular flexibility index (Phi) is 5.44. The van der Waals surface area contributed by atoms with Crippen LogP contribution >= 0.6 is 0 Å². The van der Waals surface area contributed by atoms with Gasteiger partial charge in [0.2, 0.25) is 5.91 Å². The molecule has 0 bridgehead atoms. The Morgan fingerprint density at radius 3 is 2.62 bits per heavy atom. The van der Waals surface area contributed by atoms with Crippen LogP contribution in [0.1, 0.15) is 33.3 Å². The molecule has 2 rings (SSSR count). The summed E-state index contributed by atoms with van der Waals surface area (Å²) < 4.78 is 7.29. The lowest BCUT2D eigenvalue weighted by molar-refractivity contribution is -0.155. The SMILES string of the molecule is CC(=O)NCC=Cc1cn(CC(=O)OC(C)(C)C)c2ccccc12. The zero-order chi connectivity index (χ0) is 17.7. The third kappa shape index (κ3) is 4.98. The number of carbonyl (C=O) groups is 2. The average molecular weight is 328 g/mol. The number of para-hydroxylation sites is 1. The molecule has 2 aromatic rings. The van der Waals surface area contributed by atoms with E-state index in [1.807, 2.05) is 68.0 Å². The summed E-state index contributed by atoms with van der Waals surface area (Å²) in [7, 11) is 0. The van der Waals surface area contributed by atoms with Crippen LogP contribution in [-0.2, 0) is 20.9 Å². The first-order valence-corrected chi connectivity index (χ1v) is 7.97. The molecule has 0 radical (unpaired) electrons. The first-order valence-electron chi connectivity index (χ1n) is 7.97. The summed E-state index contributed by atoms with van der Waals surface area (Å²) in [5, 5.41) is 3.78. The molecule has 0 saturated carbocycles. The molecule has 0 unspecified atom stereocenters. The number of hydrogen-bond donors (Lipinski definition) is 1. The molecular weight excluding hydrogens is 304 g/mol. The van der Waals surface area contributed by atoms with Crippen LogP contribution in [0, 0.1) is 0 Å². The molecule has 0 atom stereocenters. The Hall–Kier alpha value is -2.56. The fourth-order valence-electron chi connectivity index (χ4n) is 2.44. The minimum absolute atomic E-state index is 0.0630. The van der Waals surface area contributed by atoms with Crippen LogP contribution in [0.25, 0.3) is 17.0 Å². The third-order valence-electron chi connectivity index (χ3n) is 3.31. The fraction of sp³-hybridized carbons (Fsp3) is 0.368. The third-order valence-corrected chi connectivity index (χ3v) is 3.31. The van der Waals surface area contributed by atoms with E-state index in [1.165, 1.54) is 6.92 Å². The topological polar surface area (TPSA) is 60.3 Å². The molecule has 5 heteroatoms. The van der Waals surface area contributed by atoms with Crippen molar-refractivity contribution >= 4 is 28.9 Å². The van der Waals surface area contributed by atoms with Gasteiger partial charge < -0.3 is 14.6 Å². The molecule has 0 saturated heterocycles. The molecule has 0 fully saturated rings. The van der Waals surface area contributed by atoms with Gasteiger partial charge in [0.1, 0.15) is 12.1 Å². The number of nitrogens with one attached hydrogen (secondary N) is 1. The second-order valence-electron chi connectivity index (χ2n) is 6.66. The maximum absolute atomic E-state index is 12.1. The maximum atomic E-state index is 12.1. The number of aromatic nitrogens is 1. The molecule has 0 aliphatic carbocycles. The van der Waals surface area contributed by atoms with Crippen molar-refractivity contribution < 1.29 is 14.3 Å². The Bertz CT molecular complexity index is 767. The molecule has 1 N–H and O–H groups in total. The molecular formula is C19H24N2O3. The van der Waals surface area contributed by atoms with E-state index in [9.17, 15) is 9.59 Å². The average Bonchev–Trinajstić information content (AvgIpc) is 2.80. The molecule has 1 aromatic heterocycles. The zero-order valence-electron chi connectivity index (χ0n) is 14.6. The maximum Gasteiger partial charge on any atom is 0.326 e. The van der Waals surface area contributed by atoms with Gasteiger partial charge in [-0.15, -0.1) is 0 Å².